The number of hydrogen-bond acceptors (Lipinski definition) is 5. The first-order chi connectivity index (χ1) is 10.7. The van der Waals surface area contributed by atoms with E-state index in [4.69, 9.17) is 36.0 Å². The fourth-order valence-electron chi connectivity index (χ4n) is 1.29. The van der Waals surface area contributed by atoms with Crippen molar-refractivity contribution in [2.75, 3.05) is 52.9 Å². The molecule has 0 radical (unpaired) electrons. The lowest BCUT2D eigenvalue weighted by Gasteiger charge is -2.04. The lowest BCUT2D eigenvalue weighted by molar-refractivity contribution is 0.00230. The van der Waals surface area contributed by atoms with E-state index in [2.05, 4.69) is 6.58 Å². The summed E-state index contributed by atoms with van der Waals surface area (Å²) in [7, 11) is 0. The average molecular weight is 333 g/mol. The minimum atomic E-state index is 0.0413. The zero-order valence-corrected chi connectivity index (χ0v) is 13.5. The van der Waals surface area contributed by atoms with Crippen LogP contribution in [0.25, 0.3) is 5.03 Å². The minimum absolute atomic E-state index is 0.0413. The van der Waals surface area contributed by atoms with Gasteiger partial charge in [-0.1, -0.05) is 48.5 Å². The molecule has 0 saturated carbocycles. The molecule has 0 aliphatic rings. The third-order valence-electron chi connectivity index (χ3n) is 2.30. The third-order valence-corrected chi connectivity index (χ3v) is 2.52. The molecule has 5 nitrogen and oxygen atoms in total. The molecule has 0 aliphatic heterocycles. The molecule has 0 saturated heterocycles. The Labute approximate surface area is 137 Å². The Balaban J connectivity index is 0.000000425. The van der Waals surface area contributed by atoms with E-state index in [0.29, 0.717) is 44.7 Å². The standard InChI is InChI=1S/C8H7Cl.C8H18O5/c1-7(9)8-5-3-2-4-6-8;9-1-3-11-5-7-13-8-6-12-4-2-10/h2-6H,1H2;9-10H,1-8H2. The Morgan fingerprint density at radius 2 is 1.23 bits per heavy atom. The van der Waals surface area contributed by atoms with Crippen LogP contribution in [0.1, 0.15) is 5.56 Å². The number of aliphatic hydroxyl groups is 2. The molecule has 1 rings (SSSR count). The van der Waals surface area contributed by atoms with E-state index in [-0.39, 0.29) is 13.2 Å². The maximum atomic E-state index is 8.36. The van der Waals surface area contributed by atoms with Crippen LogP contribution in [-0.2, 0) is 14.2 Å². The molecule has 126 valence electrons. The van der Waals surface area contributed by atoms with Crippen molar-refractivity contribution in [3.05, 3.63) is 42.5 Å². The Kier molecular flexibility index (Phi) is 15.7. The largest absolute Gasteiger partial charge is 0.394 e. The van der Waals surface area contributed by atoms with E-state index in [1.54, 1.807) is 0 Å². The summed E-state index contributed by atoms with van der Waals surface area (Å²) in [5, 5.41) is 17.3. The van der Waals surface area contributed by atoms with E-state index < -0.39 is 0 Å². The molecule has 0 spiro atoms. The van der Waals surface area contributed by atoms with Gasteiger partial charge in [-0.3, -0.25) is 0 Å². The van der Waals surface area contributed by atoms with Crippen LogP contribution in [0.2, 0.25) is 0 Å². The highest BCUT2D eigenvalue weighted by molar-refractivity contribution is 6.48. The second kappa shape index (κ2) is 16.4. The smallest absolute Gasteiger partial charge is 0.0701 e. The highest BCUT2D eigenvalue weighted by atomic mass is 35.5. The van der Waals surface area contributed by atoms with Crippen LogP contribution < -0.4 is 0 Å². The number of benzene rings is 1. The van der Waals surface area contributed by atoms with Crippen molar-refractivity contribution >= 4 is 16.6 Å². The maximum absolute atomic E-state index is 8.36. The van der Waals surface area contributed by atoms with Crippen LogP contribution >= 0.6 is 11.6 Å². The Bertz CT molecular complexity index is 349. The van der Waals surface area contributed by atoms with Crippen molar-refractivity contribution in [2.45, 2.75) is 0 Å². The highest BCUT2D eigenvalue weighted by Crippen LogP contribution is 2.14. The van der Waals surface area contributed by atoms with Crippen molar-refractivity contribution < 1.29 is 24.4 Å². The van der Waals surface area contributed by atoms with Gasteiger partial charge in [0, 0.05) is 5.03 Å². The van der Waals surface area contributed by atoms with Gasteiger partial charge in [0.05, 0.1) is 52.9 Å². The van der Waals surface area contributed by atoms with Crippen molar-refractivity contribution in [1.29, 1.82) is 0 Å². The summed E-state index contributed by atoms with van der Waals surface area (Å²) >= 11 is 5.61. The van der Waals surface area contributed by atoms with Crippen molar-refractivity contribution in [2.24, 2.45) is 0 Å². The monoisotopic (exact) mass is 332 g/mol. The molecule has 0 fully saturated rings. The summed E-state index contributed by atoms with van der Waals surface area (Å²) in [6, 6.07) is 9.67. The second-order valence-electron chi connectivity index (χ2n) is 4.06. The minimum Gasteiger partial charge on any atom is -0.394 e. The summed E-state index contributed by atoms with van der Waals surface area (Å²) in [5.41, 5.74) is 0.985. The lowest BCUT2D eigenvalue weighted by atomic mass is 10.2. The summed E-state index contributed by atoms with van der Waals surface area (Å²) < 4.78 is 15.0. The third kappa shape index (κ3) is 14.0. The van der Waals surface area contributed by atoms with Gasteiger partial charge in [-0.05, 0) is 5.56 Å². The van der Waals surface area contributed by atoms with Gasteiger partial charge in [-0.25, -0.2) is 0 Å². The molecule has 0 unspecified atom stereocenters. The van der Waals surface area contributed by atoms with E-state index in [9.17, 15) is 0 Å². The summed E-state index contributed by atoms with van der Waals surface area (Å²) in [4.78, 5) is 0. The topological polar surface area (TPSA) is 68.2 Å². The number of aliphatic hydroxyl groups excluding tert-OH is 2. The average Bonchev–Trinajstić information content (AvgIpc) is 2.55. The fraction of sp³-hybridized carbons (Fsp3) is 0.500. The number of halogens is 1. The predicted octanol–water partition coefficient (Wildman–Crippen LogP) is 1.92. The van der Waals surface area contributed by atoms with Gasteiger partial charge in [-0.2, -0.15) is 0 Å². The first-order valence-corrected chi connectivity index (χ1v) is 7.45. The Hall–Kier alpha value is -0.950. The molecule has 1 aromatic carbocycles. The van der Waals surface area contributed by atoms with Crippen LogP contribution in [-0.4, -0.2) is 63.1 Å². The molecule has 0 aliphatic carbocycles. The molecule has 0 heterocycles. The van der Waals surface area contributed by atoms with Gasteiger partial charge < -0.3 is 24.4 Å². The predicted molar refractivity (Wildman–Crippen MR) is 88.0 cm³/mol. The summed E-state index contributed by atoms with van der Waals surface area (Å²) in [5.74, 6) is 0. The molecule has 0 bridgehead atoms. The van der Waals surface area contributed by atoms with E-state index >= 15 is 0 Å². The van der Waals surface area contributed by atoms with Gasteiger partial charge in [0.25, 0.3) is 0 Å². The van der Waals surface area contributed by atoms with Crippen LogP contribution in [0.3, 0.4) is 0 Å². The van der Waals surface area contributed by atoms with Gasteiger partial charge in [0.2, 0.25) is 0 Å². The molecule has 6 heteroatoms. The van der Waals surface area contributed by atoms with E-state index in [0.717, 1.165) is 5.56 Å². The highest BCUT2D eigenvalue weighted by Gasteiger charge is 1.90. The molecule has 2 N–H and O–H groups in total. The van der Waals surface area contributed by atoms with Crippen LogP contribution in [0.15, 0.2) is 36.9 Å². The molecular formula is C16H25ClO5. The first-order valence-electron chi connectivity index (χ1n) is 7.07. The van der Waals surface area contributed by atoms with Crippen LogP contribution in [0.5, 0.6) is 0 Å². The number of rotatable bonds is 11. The van der Waals surface area contributed by atoms with Crippen molar-refractivity contribution in [3.63, 3.8) is 0 Å². The fourth-order valence-corrected chi connectivity index (χ4v) is 1.42. The quantitative estimate of drug-likeness (QED) is 0.606. The Morgan fingerprint density at radius 1 is 0.818 bits per heavy atom. The van der Waals surface area contributed by atoms with Crippen molar-refractivity contribution in [1.82, 2.24) is 0 Å². The zero-order chi connectivity index (χ0) is 16.5. The van der Waals surface area contributed by atoms with Gasteiger partial charge >= 0.3 is 0 Å². The molecular weight excluding hydrogens is 308 g/mol. The van der Waals surface area contributed by atoms with Crippen LogP contribution in [0, 0.1) is 0 Å². The van der Waals surface area contributed by atoms with Gasteiger partial charge in [0.15, 0.2) is 0 Å². The summed E-state index contributed by atoms with van der Waals surface area (Å²) in [6.45, 7) is 6.35. The SMILES string of the molecule is C=C(Cl)c1ccccc1.OCCOCCOCCOCCO. The van der Waals surface area contributed by atoms with Gasteiger partial charge in [0.1, 0.15) is 0 Å². The lowest BCUT2D eigenvalue weighted by Crippen LogP contribution is -2.11. The Morgan fingerprint density at radius 3 is 1.55 bits per heavy atom. The van der Waals surface area contributed by atoms with Gasteiger partial charge in [-0.15, -0.1) is 0 Å². The molecule has 22 heavy (non-hydrogen) atoms. The van der Waals surface area contributed by atoms with Crippen molar-refractivity contribution in [3.8, 4) is 0 Å². The second-order valence-corrected chi connectivity index (χ2v) is 4.51. The molecule has 0 atom stereocenters. The van der Waals surface area contributed by atoms with E-state index in [1.165, 1.54) is 0 Å². The molecule has 0 amide bonds. The number of ether oxygens (including phenoxy) is 3. The normalized spacial score (nSPS) is 9.95. The van der Waals surface area contributed by atoms with E-state index in [1.807, 2.05) is 30.3 Å². The zero-order valence-electron chi connectivity index (χ0n) is 12.7. The molecule has 1 aromatic rings. The summed E-state index contributed by atoms with van der Waals surface area (Å²) in [6.07, 6.45) is 0. The maximum Gasteiger partial charge on any atom is 0.0701 e. The number of hydrogen-bond donors (Lipinski definition) is 2. The molecule has 0 aromatic heterocycles. The van der Waals surface area contributed by atoms with Crippen LogP contribution in [0.4, 0.5) is 0 Å². The first kappa shape index (κ1) is 21.0.